The highest BCUT2D eigenvalue weighted by Crippen LogP contribution is 2.40. The van der Waals surface area contributed by atoms with Gasteiger partial charge < -0.3 is 29.6 Å². The van der Waals surface area contributed by atoms with Crippen LogP contribution in [0.15, 0.2) is 75.5 Å². The lowest BCUT2D eigenvalue weighted by Crippen LogP contribution is -2.16. The molecule has 0 spiro atoms. The van der Waals surface area contributed by atoms with E-state index in [1.807, 2.05) is 13.8 Å². The SMILES string of the molecule is CC(C)=CCc1c(O)cc2oc(-c3ccc(O)c(O)c3)c(OC(=O)c3ccccc3)c(=O)c2c1O. The average Bonchev–Trinajstić information content (AvgIpc) is 2.82. The van der Waals surface area contributed by atoms with E-state index >= 15 is 0 Å². The number of phenolic OH excluding ortho intramolecular Hbond substituents is 4. The summed E-state index contributed by atoms with van der Waals surface area (Å²) in [6.45, 7) is 3.70. The molecule has 178 valence electrons. The molecule has 4 rings (SSSR count). The summed E-state index contributed by atoms with van der Waals surface area (Å²) in [6, 6.07) is 12.8. The number of carbonyl (C=O) groups is 1. The van der Waals surface area contributed by atoms with E-state index < -0.39 is 34.4 Å². The van der Waals surface area contributed by atoms with E-state index in [0.29, 0.717) is 0 Å². The zero-order valence-electron chi connectivity index (χ0n) is 18.9. The van der Waals surface area contributed by atoms with Gasteiger partial charge >= 0.3 is 5.97 Å². The fourth-order valence-electron chi connectivity index (χ4n) is 3.53. The van der Waals surface area contributed by atoms with E-state index in [2.05, 4.69) is 0 Å². The predicted molar refractivity (Wildman–Crippen MR) is 129 cm³/mol. The van der Waals surface area contributed by atoms with Crippen molar-refractivity contribution in [2.75, 3.05) is 0 Å². The molecule has 35 heavy (non-hydrogen) atoms. The van der Waals surface area contributed by atoms with Gasteiger partial charge in [0.05, 0.1) is 5.56 Å². The smallest absolute Gasteiger partial charge is 0.343 e. The molecule has 0 unspecified atom stereocenters. The molecule has 0 aliphatic rings. The maximum absolute atomic E-state index is 13.6. The molecule has 0 amide bonds. The molecule has 4 aromatic rings. The van der Waals surface area contributed by atoms with Crippen molar-refractivity contribution in [3.8, 4) is 40.1 Å². The summed E-state index contributed by atoms with van der Waals surface area (Å²) in [6.07, 6.45) is 1.92. The van der Waals surface area contributed by atoms with E-state index in [0.717, 1.165) is 11.6 Å². The number of esters is 1. The van der Waals surface area contributed by atoms with Gasteiger partial charge in [-0.2, -0.15) is 0 Å². The first-order valence-corrected chi connectivity index (χ1v) is 10.6. The van der Waals surface area contributed by atoms with Crippen LogP contribution in [0.1, 0.15) is 29.8 Å². The number of carbonyl (C=O) groups excluding carboxylic acids is 1. The van der Waals surface area contributed by atoms with E-state index in [1.165, 1.54) is 30.3 Å². The lowest BCUT2D eigenvalue weighted by Gasteiger charge is -2.14. The summed E-state index contributed by atoms with van der Waals surface area (Å²) in [5.41, 5.74) is 0.327. The molecule has 8 nitrogen and oxygen atoms in total. The minimum Gasteiger partial charge on any atom is -0.507 e. The predicted octanol–water partition coefficient (Wildman–Crippen LogP) is 5.01. The molecule has 0 radical (unpaired) electrons. The normalized spacial score (nSPS) is 10.8. The number of hydrogen-bond acceptors (Lipinski definition) is 8. The van der Waals surface area contributed by atoms with Crippen LogP contribution in [-0.4, -0.2) is 26.4 Å². The van der Waals surface area contributed by atoms with E-state index in [-0.39, 0.29) is 45.6 Å². The van der Waals surface area contributed by atoms with Gasteiger partial charge in [0, 0.05) is 17.2 Å². The number of rotatable bonds is 5. The Morgan fingerprint density at radius 3 is 2.31 bits per heavy atom. The molecule has 0 aliphatic heterocycles. The Morgan fingerprint density at radius 2 is 1.66 bits per heavy atom. The number of allylic oxidation sites excluding steroid dienone is 2. The average molecular weight is 474 g/mol. The van der Waals surface area contributed by atoms with Crippen molar-refractivity contribution in [1.29, 1.82) is 0 Å². The van der Waals surface area contributed by atoms with Gasteiger partial charge in [0.1, 0.15) is 22.5 Å². The van der Waals surface area contributed by atoms with Crippen LogP contribution in [0.2, 0.25) is 0 Å². The van der Waals surface area contributed by atoms with Gasteiger partial charge in [-0.05, 0) is 50.6 Å². The van der Waals surface area contributed by atoms with Crippen LogP contribution in [0, 0.1) is 0 Å². The number of fused-ring (bicyclic) bond motifs is 1. The third-order valence-electron chi connectivity index (χ3n) is 5.35. The summed E-state index contributed by atoms with van der Waals surface area (Å²) in [7, 11) is 0. The Bertz CT molecular complexity index is 1530. The number of aromatic hydroxyl groups is 4. The number of hydrogen-bond donors (Lipinski definition) is 4. The quantitative estimate of drug-likeness (QED) is 0.180. The summed E-state index contributed by atoms with van der Waals surface area (Å²) in [4.78, 5) is 26.3. The van der Waals surface area contributed by atoms with Gasteiger partial charge in [0.2, 0.25) is 11.2 Å². The second-order valence-corrected chi connectivity index (χ2v) is 8.13. The van der Waals surface area contributed by atoms with E-state index in [1.54, 1.807) is 24.3 Å². The molecule has 0 aliphatic carbocycles. The highest BCUT2D eigenvalue weighted by atomic mass is 16.5. The molecule has 8 heteroatoms. The Hall–Kier alpha value is -4.72. The minimum atomic E-state index is -0.853. The first kappa shape index (κ1) is 23.4. The van der Waals surface area contributed by atoms with Gasteiger partial charge in [0.25, 0.3) is 0 Å². The minimum absolute atomic E-state index is 0.112. The fraction of sp³-hybridized carbons (Fsp3) is 0.111. The largest absolute Gasteiger partial charge is 0.507 e. The number of benzene rings is 3. The van der Waals surface area contributed by atoms with Crippen molar-refractivity contribution < 1.29 is 34.4 Å². The molecule has 1 aromatic heterocycles. The maximum atomic E-state index is 13.6. The molecule has 1 heterocycles. The third-order valence-corrected chi connectivity index (χ3v) is 5.35. The molecular weight excluding hydrogens is 452 g/mol. The molecule has 0 bridgehead atoms. The van der Waals surface area contributed by atoms with Gasteiger partial charge in [-0.15, -0.1) is 0 Å². The van der Waals surface area contributed by atoms with Crippen molar-refractivity contribution in [1.82, 2.24) is 0 Å². The molecule has 0 fully saturated rings. The Balaban J connectivity index is 1.99. The lowest BCUT2D eigenvalue weighted by molar-refractivity contribution is 0.0731. The third kappa shape index (κ3) is 4.54. The van der Waals surface area contributed by atoms with Gasteiger partial charge in [0.15, 0.2) is 17.3 Å². The summed E-state index contributed by atoms with van der Waals surface area (Å²) < 4.78 is 11.3. The molecule has 4 N–H and O–H groups in total. The van der Waals surface area contributed by atoms with Crippen LogP contribution in [0.4, 0.5) is 0 Å². The highest BCUT2D eigenvalue weighted by Gasteiger charge is 2.25. The van der Waals surface area contributed by atoms with Gasteiger partial charge in [-0.1, -0.05) is 29.8 Å². The standard InChI is InChI=1S/C27H22O8/c1-14(2)8-10-17-19(29)13-21-22(23(17)31)24(32)26(35-27(33)15-6-4-3-5-7-15)25(34-21)16-9-11-18(28)20(30)12-16/h3-9,11-13,28-31H,10H2,1-2H3. The summed E-state index contributed by atoms with van der Waals surface area (Å²) >= 11 is 0. The number of ether oxygens (including phenoxy) is 1. The van der Waals surface area contributed by atoms with Crippen LogP contribution in [0.5, 0.6) is 28.7 Å². The van der Waals surface area contributed by atoms with E-state index in [4.69, 9.17) is 9.15 Å². The molecule has 3 aromatic carbocycles. The van der Waals surface area contributed by atoms with Crippen LogP contribution >= 0.6 is 0 Å². The molecule has 0 saturated carbocycles. The second-order valence-electron chi connectivity index (χ2n) is 8.13. The van der Waals surface area contributed by atoms with Crippen molar-refractivity contribution in [2.45, 2.75) is 20.3 Å². The maximum Gasteiger partial charge on any atom is 0.343 e. The van der Waals surface area contributed by atoms with Crippen LogP contribution in [0.3, 0.4) is 0 Å². The topological polar surface area (TPSA) is 137 Å². The fourth-order valence-corrected chi connectivity index (χ4v) is 3.53. The first-order chi connectivity index (χ1) is 16.7. The zero-order chi connectivity index (χ0) is 25.3. The van der Waals surface area contributed by atoms with Crippen molar-refractivity contribution in [2.24, 2.45) is 0 Å². The van der Waals surface area contributed by atoms with Crippen LogP contribution < -0.4 is 10.2 Å². The van der Waals surface area contributed by atoms with Crippen molar-refractivity contribution >= 4 is 16.9 Å². The first-order valence-electron chi connectivity index (χ1n) is 10.6. The monoisotopic (exact) mass is 474 g/mol. The Morgan fingerprint density at radius 1 is 0.943 bits per heavy atom. The lowest BCUT2D eigenvalue weighted by atomic mass is 10.0. The van der Waals surface area contributed by atoms with Gasteiger partial charge in [-0.3, -0.25) is 4.79 Å². The highest BCUT2D eigenvalue weighted by molar-refractivity contribution is 5.94. The van der Waals surface area contributed by atoms with Crippen molar-refractivity contribution in [3.63, 3.8) is 0 Å². The molecular formula is C27H22O8. The zero-order valence-corrected chi connectivity index (χ0v) is 18.9. The van der Waals surface area contributed by atoms with Crippen molar-refractivity contribution in [3.05, 3.63) is 87.6 Å². The molecule has 0 atom stereocenters. The summed E-state index contributed by atoms with van der Waals surface area (Å²) in [5, 5.41) is 40.7. The molecule has 0 saturated heterocycles. The Kier molecular flexibility index (Phi) is 6.20. The Labute approximate surface area is 199 Å². The van der Waals surface area contributed by atoms with Crippen LogP contribution in [0.25, 0.3) is 22.3 Å². The van der Waals surface area contributed by atoms with Gasteiger partial charge in [-0.25, -0.2) is 4.79 Å². The van der Waals surface area contributed by atoms with E-state index in [9.17, 15) is 30.0 Å². The van der Waals surface area contributed by atoms with Crippen LogP contribution in [-0.2, 0) is 6.42 Å². The number of phenols is 4. The summed E-state index contributed by atoms with van der Waals surface area (Å²) in [5.74, 6) is -3.28. The second kappa shape index (κ2) is 9.26.